The smallest absolute Gasteiger partial charge is 1.00 e. The summed E-state index contributed by atoms with van der Waals surface area (Å²) in [6.07, 6.45) is 19.7. The van der Waals surface area contributed by atoms with Crippen LogP contribution in [0, 0.1) is 0 Å². The fraction of sp³-hybridized carbons (Fsp3) is 0.531. The van der Waals surface area contributed by atoms with Crippen LogP contribution in [-0.2, 0) is 112 Å². The monoisotopic (exact) mass is 1760 g/mol. The van der Waals surface area contributed by atoms with Gasteiger partial charge in [0.25, 0.3) is 0 Å². The van der Waals surface area contributed by atoms with E-state index in [2.05, 4.69) is 218 Å². The Morgan fingerprint density at radius 2 is 0.816 bits per heavy atom. The maximum Gasteiger partial charge on any atom is 1.00 e. The van der Waals surface area contributed by atoms with Crippen molar-refractivity contribution in [1.29, 1.82) is 0 Å². The van der Waals surface area contributed by atoms with Crippen molar-refractivity contribution in [3.63, 3.8) is 0 Å². The summed E-state index contributed by atoms with van der Waals surface area (Å²) in [4.78, 5) is 31.6. The molecular weight excluding hydrogens is 1620 g/mol. The summed E-state index contributed by atoms with van der Waals surface area (Å²) in [5, 5.41) is 72.8. The number of β-amino-alcohol motifs (C(OH)–C–C–N with tert-alkyl or cyclic N) is 2. The van der Waals surface area contributed by atoms with E-state index in [4.69, 9.17) is 29.5 Å². The first-order valence-corrected chi connectivity index (χ1v) is 56.4. The second-order valence-corrected chi connectivity index (χ2v) is 59.4. The number of aliphatic hydroxyl groups is 4. The molecule has 12 aromatic rings. The number of benzene rings is 4. The van der Waals surface area contributed by atoms with Crippen LogP contribution in [0.2, 0.25) is 77.1 Å². The second kappa shape index (κ2) is 35.6. The average Bonchev–Trinajstić information content (AvgIpc) is 1.58. The Balaban J connectivity index is 0.000000136. The van der Waals surface area contributed by atoms with Crippen LogP contribution in [0.25, 0.3) is 89.2 Å². The van der Waals surface area contributed by atoms with Gasteiger partial charge in [-0.05, 0) is 224 Å². The number of carbonyl (C=O) groups excluding carboxylic acids is 1. The number of hydrogen-bond acceptors (Lipinski definition) is 15. The number of aryl methyl sites for hydroxylation is 8. The predicted molar refractivity (Wildman–Crippen MR) is 512 cm³/mol. The molecule has 8 aliphatic rings. The first-order chi connectivity index (χ1) is 58.4. The standard InChI is InChI=1S/C27H40N4O3Si.C24H32N4O2Si.C24H34N4OSi.C21H26N4O2.Al.Li.H/c1-27(2)16-30(14-19(33)15-32)24-11-21-20-8-6-7-18-13-31(17-34-9-10-35(3,4)5)29-25(18)26(20)28-23(21)12-22(24)27;1-24(2)18-12-19-17(11-20(18)26-23(24)29)16-8-6-7-15-13-28(27-21(15)22(16)25-19)14-30-9-10-31(3,4)5;1-24(2)14-25-21-11-18-17-8-6-7-16-13-28(15-29-9-10-30(3,4)5)27-22(16)23(17)26-20(18)12-19(21)24;1-21(2)11-25(9-13(27)10-26)18-6-15-14-5-3-4-12-8-22-24-19(12)20(14)23-17(15)7-16(18)21;;;/h11-13,19,28,32-33H,6-10,14-17H2,1-5H3;11-13,25H,6-10,14H2,1-5H3,(H,26,29);11-13,25-26H,6-10,14-15H2,1-5H3;6-8,13,23,26-27H,3-5,9-11H2,1-2H3,(H,22,24);;;/q;;;;;+1;-1. The zero-order valence-corrected chi connectivity index (χ0v) is 81.6. The van der Waals surface area contributed by atoms with Crippen LogP contribution in [-0.4, -0.2) is 205 Å². The number of hydrogen-bond donors (Lipinski definition) is 11. The minimum atomic E-state index is -1.10. The molecule has 8 aromatic heterocycles. The van der Waals surface area contributed by atoms with Gasteiger partial charge in [0, 0.05) is 195 Å². The average molecular weight is 1760 g/mol. The first kappa shape index (κ1) is 92.0. The van der Waals surface area contributed by atoms with Gasteiger partial charge < -0.3 is 76.4 Å². The van der Waals surface area contributed by atoms with Crippen LogP contribution in [0.5, 0.6) is 0 Å². The summed E-state index contributed by atoms with van der Waals surface area (Å²) in [6, 6.07) is 21.7. The maximum absolute atomic E-state index is 12.4. The van der Waals surface area contributed by atoms with Gasteiger partial charge in [0.15, 0.2) is 0 Å². The Hall–Kier alpha value is -7.75. The normalized spacial score (nSPS) is 17.5. The van der Waals surface area contributed by atoms with Crippen LogP contribution in [0.1, 0.15) is 149 Å². The zero-order valence-electron chi connectivity index (χ0n) is 78.4. The summed E-state index contributed by atoms with van der Waals surface area (Å²) in [7, 11) is -3.25. The molecule has 4 aliphatic heterocycles. The third kappa shape index (κ3) is 18.8. The molecule has 1 amide bonds. The van der Waals surface area contributed by atoms with Gasteiger partial charge in [-0.1, -0.05) is 100 Å². The maximum atomic E-state index is 12.4. The van der Waals surface area contributed by atoms with E-state index in [1.54, 1.807) is 0 Å². The Morgan fingerprint density at radius 3 is 1.22 bits per heavy atom. The Bertz CT molecular complexity index is 5980. The molecular formula is C96H133AlLiN16O8Si3. The van der Waals surface area contributed by atoms with E-state index in [-0.39, 0.29) is 73.0 Å². The molecule has 11 N–H and O–H groups in total. The second-order valence-electron chi connectivity index (χ2n) is 42.5. The molecule has 0 fully saturated rings. The molecule has 0 saturated carbocycles. The molecule has 4 aromatic carbocycles. The number of anilines is 4. The van der Waals surface area contributed by atoms with Crippen LogP contribution in [0.15, 0.2) is 73.3 Å². The minimum absolute atomic E-state index is 0. The Morgan fingerprint density at radius 1 is 0.456 bits per heavy atom. The molecule has 2 unspecified atom stereocenters. The van der Waals surface area contributed by atoms with Crippen molar-refractivity contribution in [2.75, 3.05) is 86.2 Å². The summed E-state index contributed by atoms with van der Waals surface area (Å²) in [5.74, 6) is 0.0661. The minimum Gasteiger partial charge on any atom is -1.00 e. The van der Waals surface area contributed by atoms with Gasteiger partial charge >= 0.3 is 18.9 Å². The SMILES string of the molecule is CC1(C)C(=O)Nc2cc3c4c([nH]c3cc21)-c1nn(COCC[Si](C)(C)C)cc1CCC4.CC1(C)CN(CC(O)CO)c2cc3c4c([nH]c3cc21)-c1[nH]ncc1CCC4.CC1(C)CN(CC(O)CO)c2cc3c4c([nH]c3cc21)-c1nn(COCC[Si](C)(C)C)cc1CCC4.CC1(C)CNc2cc3c4c([nH]c3cc21)-c1nn(COCC[Si](C)(C)C)cc1CCC4.[Al].[H-].[Li+]. The van der Waals surface area contributed by atoms with Crippen molar-refractivity contribution in [2.45, 2.75) is 264 Å². The number of ether oxygens (including phenoxy) is 3. The zero-order chi connectivity index (χ0) is 86.8. The van der Waals surface area contributed by atoms with E-state index < -0.39 is 41.8 Å². The van der Waals surface area contributed by atoms with Crippen LogP contribution < -0.4 is 39.3 Å². The van der Waals surface area contributed by atoms with Crippen molar-refractivity contribution in [3.8, 4) is 45.6 Å². The molecule has 0 saturated heterocycles. The number of aromatic amines is 5. The summed E-state index contributed by atoms with van der Waals surface area (Å²) in [5.41, 5.74) is 33.4. The van der Waals surface area contributed by atoms with Gasteiger partial charge in [-0.15, -0.1) is 0 Å². The van der Waals surface area contributed by atoms with E-state index in [0.717, 1.165) is 185 Å². The number of fused-ring (bicyclic) bond motifs is 24. The quantitative estimate of drug-likeness (QED) is 0.0235. The van der Waals surface area contributed by atoms with E-state index in [1.165, 1.54) is 128 Å². The first-order valence-electron chi connectivity index (χ1n) is 45.2. The number of carbonyl (C=O) groups is 1. The van der Waals surface area contributed by atoms with E-state index in [0.29, 0.717) is 33.3 Å². The van der Waals surface area contributed by atoms with Gasteiger partial charge in [0.05, 0.1) is 65.5 Å². The molecule has 0 spiro atoms. The third-order valence-electron chi connectivity index (χ3n) is 27.0. The molecule has 29 heteroatoms. The van der Waals surface area contributed by atoms with Crippen LogP contribution in [0.4, 0.5) is 22.7 Å². The number of rotatable bonds is 21. The predicted octanol–water partition coefficient (Wildman–Crippen LogP) is 14.1. The van der Waals surface area contributed by atoms with Gasteiger partial charge in [-0.25, -0.2) is 14.0 Å². The number of nitrogens with zero attached hydrogens (tertiary/aromatic N) is 9. The molecule has 0 bridgehead atoms. The van der Waals surface area contributed by atoms with Gasteiger partial charge in [-0.2, -0.15) is 20.4 Å². The number of aliphatic hydroxyl groups excluding tert-OH is 4. The fourth-order valence-corrected chi connectivity index (χ4v) is 22.2. The van der Waals surface area contributed by atoms with E-state index in [9.17, 15) is 25.2 Å². The molecule has 4 aliphatic carbocycles. The van der Waals surface area contributed by atoms with Crippen molar-refractivity contribution < 1.29 is 59.7 Å². The molecule has 12 heterocycles. The third-order valence-corrected chi connectivity index (χ3v) is 32.1. The van der Waals surface area contributed by atoms with Gasteiger partial charge in [0.1, 0.15) is 37.3 Å². The Kier molecular flexibility index (Phi) is 26.2. The fourth-order valence-electron chi connectivity index (χ4n) is 19.9. The van der Waals surface area contributed by atoms with Crippen molar-refractivity contribution in [2.24, 2.45) is 0 Å². The number of aromatic nitrogens is 12. The summed E-state index contributed by atoms with van der Waals surface area (Å²) >= 11 is 0. The van der Waals surface area contributed by atoms with Crippen molar-refractivity contribution >= 4 is 114 Å². The largest absolute Gasteiger partial charge is 1.00 e. The number of H-pyrrole nitrogens is 5. The molecule has 3 radical (unpaired) electrons. The number of amides is 1. The molecule has 2 atom stereocenters. The van der Waals surface area contributed by atoms with Crippen LogP contribution in [0.3, 0.4) is 0 Å². The van der Waals surface area contributed by atoms with Gasteiger partial charge in [-0.3, -0.25) is 9.89 Å². The summed E-state index contributed by atoms with van der Waals surface area (Å²) in [6.45, 7) is 46.0. The molecule has 20 rings (SSSR count). The van der Waals surface area contributed by atoms with Crippen molar-refractivity contribution in [1.82, 2.24) is 59.5 Å². The number of nitrogens with one attached hydrogen (secondary N) is 7. The topological polar surface area (TPSA) is 302 Å². The van der Waals surface area contributed by atoms with Crippen LogP contribution >= 0.6 is 0 Å². The van der Waals surface area contributed by atoms with Crippen molar-refractivity contribution in [3.05, 3.63) is 140 Å². The van der Waals surface area contributed by atoms with E-state index in [1.807, 2.05) is 34.1 Å². The molecule has 125 heavy (non-hydrogen) atoms. The summed E-state index contributed by atoms with van der Waals surface area (Å²) < 4.78 is 23.7. The van der Waals surface area contributed by atoms with E-state index >= 15 is 0 Å². The molecule has 661 valence electrons. The molecule has 24 nitrogen and oxygen atoms in total. The Labute approximate surface area is 763 Å². The van der Waals surface area contributed by atoms with Gasteiger partial charge in [0.2, 0.25) is 5.91 Å².